The van der Waals surface area contributed by atoms with Crippen molar-refractivity contribution in [1.82, 2.24) is 19.7 Å². The molecule has 0 spiro atoms. The van der Waals surface area contributed by atoms with Crippen LogP contribution in [0.25, 0.3) is 5.78 Å². The third kappa shape index (κ3) is 3.16. The summed E-state index contributed by atoms with van der Waals surface area (Å²) in [6.45, 7) is 9.32. The molecule has 0 bridgehead atoms. The van der Waals surface area contributed by atoms with E-state index in [0.717, 1.165) is 35.8 Å². The lowest BCUT2D eigenvalue weighted by molar-refractivity contribution is 0.243. The van der Waals surface area contributed by atoms with E-state index in [1.54, 1.807) is 0 Å². The molecule has 0 fully saturated rings. The highest BCUT2D eigenvalue weighted by Crippen LogP contribution is 2.12. The fourth-order valence-electron chi connectivity index (χ4n) is 2.57. The van der Waals surface area contributed by atoms with Crippen molar-refractivity contribution < 1.29 is 5.11 Å². The number of aromatic nitrogens is 3. The van der Waals surface area contributed by atoms with Gasteiger partial charge < -0.3 is 10.4 Å². The summed E-state index contributed by atoms with van der Waals surface area (Å²) in [5, 5.41) is 12.6. The zero-order valence-corrected chi connectivity index (χ0v) is 12.7. The summed E-state index contributed by atoms with van der Waals surface area (Å²) in [5.74, 6) is 1.24. The van der Waals surface area contributed by atoms with Crippen LogP contribution in [0.4, 0.5) is 0 Å². The number of nitrogens with zero attached hydrogens (tertiary/aromatic N) is 3. The van der Waals surface area contributed by atoms with Crippen LogP contribution < -0.4 is 5.32 Å². The third-order valence-electron chi connectivity index (χ3n) is 3.65. The molecule has 0 amide bonds. The van der Waals surface area contributed by atoms with Crippen LogP contribution in [0, 0.1) is 19.8 Å². The number of hydrogen-bond acceptors (Lipinski definition) is 4. The van der Waals surface area contributed by atoms with Crippen molar-refractivity contribution in [3.8, 4) is 0 Å². The highest BCUT2D eigenvalue weighted by molar-refractivity contribution is 5.35. The van der Waals surface area contributed by atoms with Gasteiger partial charge in [-0.25, -0.2) is 9.97 Å². The Morgan fingerprint density at radius 2 is 2.10 bits per heavy atom. The topological polar surface area (TPSA) is 62.5 Å². The summed E-state index contributed by atoms with van der Waals surface area (Å²) in [7, 11) is 0. The molecule has 1 unspecified atom stereocenters. The van der Waals surface area contributed by atoms with Crippen LogP contribution in [0.3, 0.4) is 0 Å². The summed E-state index contributed by atoms with van der Waals surface area (Å²) >= 11 is 0. The highest BCUT2D eigenvalue weighted by Gasteiger charge is 2.14. The van der Waals surface area contributed by atoms with Crippen molar-refractivity contribution in [2.24, 2.45) is 5.92 Å². The van der Waals surface area contributed by atoms with Crippen LogP contribution in [0.1, 0.15) is 37.4 Å². The molecule has 0 aliphatic heterocycles. The van der Waals surface area contributed by atoms with Gasteiger partial charge in [0, 0.05) is 30.6 Å². The number of hydrogen-bond donors (Lipinski definition) is 2. The van der Waals surface area contributed by atoms with Gasteiger partial charge in [0.25, 0.3) is 0 Å². The zero-order valence-electron chi connectivity index (χ0n) is 12.7. The van der Waals surface area contributed by atoms with Gasteiger partial charge in [-0.1, -0.05) is 13.8 Å². The highest BCUT2D eigenvalue weighted by atomic mass is 16.3. The van der Waals surface area contributed by atoms with Gasteiger partial charge in [-0.15, -0.1) is 0 Å². The summed E-state index contributed by atoms with van der Waals surface area (Å²) in [5.41, 5.74) is 3.24. The molecule has 0 aliphatic carbocycles. The molecular weight excluding hydrogens is 252 g/mol. The number of aliphatic hydroxyl groups is 1. The quantitative estimate of drug-likeness (QED) is 0.845. The predicted molar refractivity (Wildman–Crippen MR) is 79.6 cm³/mol. The molecule has 0 aromatic carbocycles. The van der Waals surface area contributed by atoms with Crippen LogP contribution in [-0.4, -0.2) is 32.1 Å². The molecule has 0 aliphatic rings. The van der Waals surface area contributed by atoms with Gasteiger partial charge in [-0.3, -0.25) is 4.40 Å². The average molecular weight is 276 g/mol. The first-order valence-electron chi connectivity index (χ1n) is 7.17. The second kappa shape index (κ2) is 6.33. The van der Waals surface area contributed by atoms with Gasteiger partial charge in [-0.05, 0) is 32.3 Å². The van der Waals surface area contributed by atoms with Gasteiger partial charge in [0.2, 0.25) is 5.78 Å². The number of aliphatic hydroxyl groups excluding tert-OH is 1. The van der Waals surface area contributed by atoms with Gasteiger partial charge in [0.15, 0.2) is 0 Å². The second-order valence-corrected chi connectivity index (χ2v) is 5.67. The summed E-state index contributed by atoms with van der Waals surface area (Å²) in [6, 6.07) is 2.37. The van der Waals surface area contributed by atoms with E-state index in [4.69, 9.17) is 5.11 Å². The number of aryl methyl sites for hydroxylation is 2. The fourth-order valence-corrected chi connectivity index (χ4v) is 2.57. The van der Waals surface area contributed by atoms with Crippen molar-refractivity contribution in [3.63, 3.8) is 0 Å². The average Bonchev–Trinajstić information content (AvgIpc) is 2.77. The van der Waals surface area contributed by atoms with Gasteiger partial charge >= 0.3 is 0 Å². The molecule has 2 heterocycles. The molecule has 5 nitrogen and oxygen atoms in total. The molecule has 1 atom stereocenters. The maximum absolute atomic E-state index is 9.12. The third-order valence-corrected chi connectivity index (χ3v) is 3.65. The maximum atomic E-state index is 9.12. The Kier molecular flexibility index (Phi) is 4.73. The number of fused-ring (bicyclic) bond motifs is 1. The van der Waals surface area contributed by atoms with Crippen LogP contribution >= 0.6 is 0 Å². The van der Waals surface area contributed by atoms with Crippen LogP contribution in [-0.2, 0) is 6.54 Å². The van der Waals surface area contributed by atoms with E-state index in [0.29, 0.717) is 12.0 Å². The first-order valence-corrected chi connectivity index (χ1v) is 7.17. The smallest absolute Gasteiger partial charge is 0.234 e. The zero-order chi connectivity index (χ0) is 14.7. The number of rotatable bonds is 6. The summed E-state index contributed by atoms with van der Waals surface area (Å²) in [4.78, 5) is 8.81. The Morgan fingerprint density at radius 3 is 2.75 bits per heavy atom. The van der Waals surface area contributed by atoms with Crippen LogP contribution in [0.15, 0.2) is 12.3 Å². The Bertz CT molecular complexity index is 577. The fraction of sp³-hybridized carbons (Fsp3) is 0.600. The van der Waals surface area contributed by atoms with Crippen molar-refractivity contribution >= 4 is 5.78 Å². The minimum absolute atomic E-state index is 0.211. The summed E-state index contributed by atoms with van der Waals surface area (Å²) < 4.78 is 2.08. The SMILES string of the molecule is Cc1cc(C)n2c(CNC(CCO)C(C)C)cnc2n1. The molecule has 110 valence electrons. The Hall–Kier alpha value is -1.46. The lowest BCUT2D eigenvalue weighted by Gasteiger charge is -2.21. The number of nitrogens with one attached hydrogen (secondary N) is 1. The summed E-state index contributed by atoms with van der Waals surface area (Å²) in [6.07, 6.45) is 2.64. The predicted octanol–water partition coefficient (Wildman–Crippen LogP) is 1.84. The van der Waals surface area contributed by atoms with E-state index in [1.807, 2.05) is 13.1 Å². The van der Waals surface area contributed by atoms with Gasteiger partial charge in [0.05, 0.1) is 11.9 Å². The molecule has 0 saturated carbocycles. The van der Waals surface area contributed by atoms with Crippen LogP contribution in [0.2, 0.25) is 0 Å². The molecule has 2 aromatic rings. The number of imidazole rings is 1. The first-order chi connectivity index (χ1) is 9.52. The minimum Gasteiger partial charge on any atom is -0.396 e. The van der Waals surface area contributed by atoms with E-state index >= 15 is 0 Å². The molecular formula is C15H24N4O. The molecule has 2 aromatic heterocycles. The van der Waals surface area contributed by atoms with Crippen molar-refractivity contribution in [3.05, 3.63) is 29.3 Å². The van der Waals surface area contributed by atoms with E-state index in [-0.39, 0.29) is 6.61 Å². The molecule has 20 heavy (non-hydrogen) atoms. The van der Waals surface area contributed by atoms with E-state index in [9.17, 15) is 0 Å². The minimum atomic E-state index is 0.211. The molecule has 0 radical (unpaired) electrons. The molecule has 2 rings (SSSR count). The van der Waals surface area contributed by atoms with Crippen molar-refractivity contribution in [2.45, 2.75) is 46.7 Å². The maximum Gasteiger partial charge on any atom is 0.234 e. The lowest BCUT2D eigenvalue weighted by Crippen LogP contribution is -2.34. The van der Waals surface area contributed by atoms with Crippen molar-refractivity contribution in [2.75, 3.05) is 6.61 Å². The molecule has 0 saturated heterocycles. The Morgan fingerprint density at radius 1 is 1.35 bits per heavy atom. The van der Waals surface area contributed by atoms with Gasteiger partial charge in [0.1, 0.15) is 0 Å². The second-order valence-electron chi connectivity index (χ2n) is 5.67. The van der Waals surface area contributed by atoms with Gasteiger partial charge in [-0.2, -0.15) is 0 Å². The largest absolute Gasteiger partial charge is 0.396 e. The first kappa shape index (κ1) is 14.9. The lowest BCUT2D eigenvalue weighted by atomic mass is 10.0. The van der Waals surface area contributed by atoms with Crippen molar-refractivity contribution in [1.29, 1.82) is 0 Å². The normalized spacial score (nSPS) is 13.3. The monoisotopic (exact) mass is 276 g/mol. The molecule has 5 heteroatoms. The van der Waals surface area contributed by atoms with Crippen LogP contribution in [0.5, 0.6) is 0 Å². The Labute approximate surface area is 120 Å². The van der Waals surface area contributed by atoms with E-state index < -0.39 is 0 Å². The van der Waals surface area contributed by atoms with E-state index in [2.05, 4.69) is 46.5 Å². The molecule has 2 N–H and O–H groups in total. The Balaban J connectivity index is 2.18. The van der Waals surface area contributed by atoms with E-state index in [1.165, 1.54) is 0 Å². The standard InChI is InChI=1S/C15H24N4O/c1-10(2)14(5-6-20)16-8-13-9-17-15-18-11(3)7-12(4)19(13)15/h7,9-10,14,16,20H,5-6,8H2,1-4H3.